The summed E-state index contributed by atoms with van der Waals surface area (Å²) >= 11 is 0. The average Bonchev–Trinajstić information content (AvgIpc) is 3.30. The Bertz CT molecular complexity index is 726. The first-order valence-corrected chi connectivity index (χ1v) is 9.95. The predicted octanol–water partition coefficient (Wildman–Crippen LogP) is 3.55. The molecule has 0 radical (unpaired) electrons. The molecule has 5 nitrogen and oxygen atoms in total. The molecule has 138 valence electrons. The lowest BCUT2D eigenvalue weighted by molar-refractivity contribution is -0.528. The van der Waals surface area contributed by atoms with Crippen molar-refractivity contribution in [3.05, 3.63) is 41.6 Å². The van der Waals surface area contributed by atoms with Crippen LogP contribution < -0.4 is 0 Å². The fourth-order valence-electron chi connectivity index (χ4n) is 4.65. The van der Waals surface area contributed by atoms with E-state index in [1.165, 1.54) is 25.7 Å². The third kappa shape index (κ3) is 3.20. The molecule has 2 heterocycles. The normalized spacial score (nSPS) is 25.1. The van der Waals surface area contributed by atoms with E-state index in [2.05, 4.69) is 16.9 Å². The van der Waals surface area contributed by atoms with E-state index < -0.39 is 0 Å². The molecule has 1 aromatic rings. The molecule has 1 unspecified atom stereocenters. The van der Waals surface area contributed by atoms with E-state index in [0.29, 0.717) is 0 Å². The van der Waals surface area contributed by atoms with Gasteiger partial charge in [-0.1, -0.05) is 35.7 Å². The van der Waals surface area contributed by atoms with Crippen LogP contribution in [0.3, 0.4) is 0 Å². The summed E-state index contributed by atoms with van der Waals surface area (Å²) in [5, 5.41) is 4.67. The summed E-state index contributed by atoms with van der Waals surface area (Å²) in [7, 11) is 0. The highest BCUT2D eigenvalue weighted by Gasteiger charge is 2.40. The summed E-state index contributed by atoms with van der Waals surface area (Å²) in [5.41, 5.74) is 2.74. The Kier molecular flexibility index (Phi) is 4.90. The van der Waals surface area contributed by atoms with Crippen LogP contribution in [0.25, 0.3) is 0 Å². The van der Waals surface area contributed by atoms with Gasteiger partial charge >= 0.3 is 0 Å². The number of hydrogen-bond acceptors (Lipinski definition) is 3. The van der Waals surface area contributed by atoms with Crippen LogP contribution in [-0.2, 0) is 4.79 Å². The number of benzene rings is 1. The molecule has 0 spiro atoms. The van der Waals surface area contributed by atoms with E-state index in [4.69, 9.17) is 0 Å². The molecule has 0 aromatic heterocycles. The summed E-state index contributed by atoms with van der Waals surface area (Å²) in [5.74, 6) is 0.170. The molecular formula is C21H29N4O+. The maximum Gasteiger partial charge on any atom is 0.258 e. The third-order valence-electron chi connectivity index (χ3n) is 6.13. The van der Waals surface area contributed by atoms with E-state index in [0.717, 1.165) is 49.2 Å². The van der Waals surface area contributed by atoms with Crippen molar-refractivity contribution in [2.75, 3.05) is 26.2 Å². The standard InChI is InChI=1S/C21H29N4O/c1-16-20(17(2)25(22-16)19-10-4-3-5-11-19)21(26)24-14-12-23(13-15-24)18-8-6-7-9-18/h3-5,10-11,17-18H,6-9,12-15H2,1-2H3/q+1. The highest BCUT2D eigenvalue weighted by atomic mass is 16.2. The van der Waals surface area contributed by atoms with Crippen molar-refractivity contribution in [3.8, 4) is 0 Å². The van der Waals surface area contributed by atoms with E-state index in [1.807, 2.05) is 46.9 Å². The van der Waals surface area contributed by atoms with Crippen LogP contribution in [-0.4, -0.2) is 58.7 Å². The van der Waals surface area contributed by atoms with Gasteiger partial charge in [-0.25, -0.2) is 0 Å². The number of carbonyl (C=O) groups excluding carboxylic acids is 1. The van der Waals surface area contributed by atoms with Gasteiger partial charge in [-0.2, -0.15) is 0 Å². The first-order chi connectivity index (χ1) is 12.6. The van der Waals surface area contributed by atoms with Gasteiger partial charge in [-0.3, -0.25) is 9.69 Å². The van der Waals surface area contributed by atoms with Gasteiger partial charge in [0.2, 0.25) is 11.7 Å². The van der Waals surface area contributed by atoms with Gasteiger partial charge in [0, 0.05) is 51.3 Å². The minimum Gasteiger partial charge on any atom is -0.336 e. The Hall–Kier alpha value is -2.01. The number of piperazine rings is 1. The molecule has 1 aromatic carbocycles. The van der Waals surface area contributed by atoms with Gasteiger partial charge in [-0.05, 0) is 24.9 Å². The topological polar surface area (TPSA) is 38.9 Å². The molecule has 2 aliphatic heterocycles. The second kappa shape index (κ2) is 7.31. The first kappa shape index (κ1) is 17.4. The summed E-state index contributed by atoms with van der Waals surface area (Å²) in [6, 6.07) is 10.8. The van der Waals surface area contributed by atoms with Gasteiger partial charge in [0.1, 0.15) is 11.3 Å². The highest BCUT2D eigenvalue weighted by Crippen LogP contribution is 2.30. The lowest BCUT2D eigenvalue weighted by atomic mass is 10.0. The summed E-state index contributed by atoms with van der Waals surface area (Å²) in [6.07, 6.45) is 5.40. The van der Waals surface area contributed by atoms with E-state index in [9.17, 15) is 4.79 Å². The number of para-hydroxylation sites is 1. The number of rotatable bonds is 3. The van der Waals surface area contributed by atoms with Crippen LogP contribution in [0, 0.1) is 0 Å². The average molecular weight is 353 g/mol. The van der Waals surface area contributed by atoms with E-state index >= 15 is 0 Å². The molecule has 0 N–H and O–H groups in total. The van der Waals surface area contributed by atoms with Gasteiger partial charge in [0.25, 0.3) is 5.91 Å². The molecule has 1 saturated heterocycles. The Labute approximate surface area is 156 Å². The maximum atomic E-state index is 13.2. The lowest BCUT2D eigenvalue weighted by Crippen LogP contribution is -2.52. The van der Waals surface area contributed by atoms with Crippen molar-refractivity contribution in [1.29, 1.82) is 0 Å². The van der Waals surface area contributed by atoms with Crippen LogP contribution >= 0.6 is 0 Å². The molecule has 26 heavy (non-hydrogen) atoms. The molecule has 1 atom stereocenters. The van der Waals surface area contributed by atoms with Crippen LogP contribution in [0.5, 0.6) is 0 Å². The fraction of sp³-hybridized carbons (Fsp3) is 0.571. The van der Waals surface area contributed by atoms with Gasteiger partial charge in [0.15, 0.2) is 0 Å². The van der Waals surface area contributed by atoms with Crippen molar-refractivity contribution < 1.29 is 9.49 Å². The molecule has 1 amide bonds. The Morgan fingerprint density at radius 3 is 2.38 bits per heavy atom. The number of amides is 1. The van der Waals surface area contributed by atoms with Crippen LogP contribution in [0.2, 0.25) is 0 Å². The van der Waals surface area contributed by atoms with Gasteiger partial charge in [0.05, 0.1) is 0 Å². The summed E-state index contributed by atoms with van der Waals surface area (Å²) in [6.45, 7) is 7.73. The summed E-state index contributed by atoms with van der Waals surface area (Å²) in [4.78, 5) is 17.8. The Balaban J connectivity index is 1.42. The van der Waals surface area contributed by atoms with Crippen molar-refractivity contribution in [2.24, 2.45) is 5.11 Å². The second-order valence-corrected chi connectivity index (χ2v) is 7.72. The molecule has 1 saturated carbocycles. The molecule has 0 bridgehead atoms. The number of azo groups is 2. The number of hydrogen-bond donors (Lipinski definition) is 0. The minimum atomic E-state index is -0.0160. The van der Waals surface area contributed by atoms with Crippen LogP contribution in [0.1, 0.15) is 39.5 Å². The zero-order valence-electron chi connectivity index (χ0n) is 15.9. The first-order valence-electron chi connectivity index (χ1n) is 9.95. The van der Waals surface area contributed by atoms with Gasteiger partial charge in [-0.15, -0.1) is 0 Å². The predicted molar refractivity (Wildman–Crippen MR) is 101 cm³/mol. The molecule has 5 heteroatoms. The minimum absolute atomic E-state index is 0.0160. The second-order valence-electron chi connectivity index (χ2n) is 7.72. The Morgan fingerprint density at radius 1 is 1.08 bits per heavy atom. The van der Waals surface area contributed by atoms with Crippen LogP contribution in [0.4, 0.5) is 5.69 Å². The number of carbonyl (C=O) groups is 1. The molecular weight excluding hydrogens is 324 g/mol. The van der Waals surface area contributed by atoms with Crippen molar-refractivity contribution in [1.82, 2.24) is 9.80 Å². The van der Waals surface area contributed by atoms with E-state index in [-0.39, 0.29) is 11.9 Å². The highest BCUT2D eigenvalue weighted by molar-refractivity contribution is 5.95. The maximum absolute atomic E-state index is 13.2. The molecule has 2 fully saturated rings. The monoisotopic (exact) mass is 353 g/mol. The molecule has 4 rings (SSSR count). The zero-order chi connectivity index (χ0) is 18.1. The van der Waals surface area contributed by atoms with Crippen LogP contribution in [0.15, 0.2) is 46.7 Å². The number of allylic oxidation sites excluding steroid dienone is 1. The quantitative estimate of drug-likeness (QED) is 0.780. The third-order valence-corrected chi connectivity index (χ3v) is 6.13. The Morgan fingerprint density at radius 2 is 1.73 bits per heavy atom. The van der Waals surface area contributed by atoms with E-state index in [1.54, 1.807) is 0 Å². The molecule has 3 aliphatic rings. The zero-order valence-corrected chi connectivity index (χ0v) is 15.9. The van der Waals surface area contributed by atoms with Crippen molar-refractivity contribution in [2.45, 2.75) is 51.6 Å². The largest absolute Gasteiger partial charge is 0.336 e. The van der Waals surface area contributed by atoms with Crippen molar-refractivity contribution >= 4 is 11.6 Å². The van der Waals surface area contributed by atoms with Crippen molar-refractivity contribution in [3.63, 3.8) is 0 Å². The van der Waals surface area contributed by atoms with Gasteiger partial charge < -0.3 is 4.90 Å². The number of nitrogens with zero attached hydrogens (tertiary/aromatic N) is 4. The SMILES string of the molecule is CC1=C(C(=O)N2CCN(C3CCCC3)CC2)C(C)[N+](c2ccccc2)=N1. The summed E-state index contributed by atoms with van der Waals surface area (Å²) < 4.78 is 1.97. The fourth-order valence-corrected chi connectivity index (χ4v) is 4.65. The molecule has 1 aliphatic carbocycles. The smallest absolute Gasteiger partial charge is 0.258 e. The lowest BCUT2D eigenvalue weighted by Gasteiger charge is -2.38.